The lowest BCUT2D eigenvalue weighted by atomic mass is 10.2. The standard InChI is InChI=1S/C16H16FNO2S/c1-11-6-7-12(17)10-15(11)20-9-8-19-14-5-3-2-4-13(14)16(18)21/h2-7,10H,8-9H2,1H3,(H2,18,21). The fourth-order valence-corrected chi connectivity index (χ4v) is 2.00. The first-order chi connectivity index (χ1) is 10.1. The van der Waals surface area contributed by atoms with Crippen molar-refractivity contribution < 1.29 is 13.9 Å². The number of aryl methyl sites for hydroxylation is 1. The average molecular weight is 305 g/mol. The van der Waals surface area contributed by atoms with Gasteiger partial charge in [-0.3, -0.25) is 0 Å². The maximum atomic E-state index is 13.1. The number of nitrogens with two attached hydrogens (primary N) is 1. The molecule has 0 atom stereocenters. The maximum Gasteiger partial charge on any atom is 0.129 e. The Kier molecular flexibility index (Phi) is 5.11. The molecule has 0 aliphatic heterocycles. The van der Waals surface area contributed by atoms with Crippen LogP contribution in [0.15, 0.2) is 42.5 Å². The fourth-order valence-electron chi connectivity index (χ4n) is 1.83. The molecule has 2 rings (SSSR count). The highest BCUT2D eigenvalue weighted by Crippen LogP contribution is 2.20. The second-order valence-corrected chi connectivity index (χ2v) is 4.91. The zero-order valence-corrected chi connectivity index (χ0v) is 12.5. The van der Waals surface area contributed by atoms with E-state index >= 15 is 0 Å². The Morgan fingerprint density at radius 2 is 1.76 bits per heavy atom. The van der Waals surface area contributed by atoms with E-state index in [4.69, 9.17) is 27.4 Å². The molecule has 0 heterocycles. The van der Waals surface area contributed by atoms with Gasteiger partial charge in [0.2, 0.25) is 0 Å². The van der Waals surface area contributed by atoms with Crippen LogP contribution in [0, 0.1) is 12.7 Å². The Morgan fingerprint density at radius 3 is 2.48 bits per heavy atom. The smallest absolute Gasteiger partial charge is 0.129 e. The molecule has 0 aliphatic rings. The minimum Gasteiger partial charge on any atom is -0.490 e. The highest BCUT2D eigenvalue weighted by molar-refractivity contribution is 7.80. The van der Waals surface area contributed by atoms with E-state index in [-0.39, 0.29) is 10.8 Å². The molecule has 2 N–H and O–H groups in total. The van der Waals surface area contributed by atoms with Crippen LogP contribution in [-0.4, -0.2) is 18.2 Å². The number of rotatable bonds is 6. The lowest BCUT2D eigenvalue weighted by Gasteiger charge is -2.12. The number of para-hydroxylation sites is 1. The van der Waals surface area contributed by atoms with Crippen molar-refractivity contribution in [3.05, 3.63) is 59.4 Å². The molecule has 0 aliphatic carbocycles. The fraction of sp³-hybridized carbons (Fsp3) is 0.188. The summed E-state index contributed by atoms with van der Waals surface area (Å²) in [5.41, 5.74) is 7.19. The van der Waals surface area contributed by atoms with Crippen molar-refractivity contribution in [3.63, 3.8) is 0 Å². The zero-order chi connectivity index (χ0) is 15.2. The second kappa shape index (κ2) is 7.04. The topological polar surface area (TPSA) is 44.5 Å². The zero-order valence-electron chi connectivity index (χ0n) is 11.6. The monoisotopic (exact) mass is 305 g/mol. The van der Waals surface area contributed by atoms with Crippen molar-refractivity contribution in [3.8, 4) is 11.5 Å². The predicted octanol–water partition coefficient (Wildman–Crippen LogP) is 3.23. The van der Waals surface area contributed by atoms with Crippen LogP contribution < -0.4 is 15.2 Å². The lowest BCUT2D eigenvalue weighted by molar-refractivity contribution is 0.215. The van der Waals surface area contributed by atoms with E-state index in [1.807, 2.05) is 19.1 Å². The molecule has 21 heavy (non-hydrogen) atoms. The van der Waals surface area contributed by atoms with E-state index in [1.54, 1.807) is 18.2 Å². The number of thiocarbonyl (C=S) groups is 1. The summed E-state index contributed by atoms with van der Waals surface area (Å²) in [5.74, 6) is 0.807. The van der Waals surface area contributed by atoms with E-state index in [9.17, 15) is 4.39 Å². The molecule has 2 aromatic carbocycles. The first-order valence-corrected chi connectivity index (χ1v) is 6.89. The molecule has 0 spiro atoms. The van der Waals surface area contributed by atoms with E-state index in [0.29, 0.717) is 30.3 Å². The number of hydrogen-bond acceptors (Lipinski definition) is 3. The van der Waals surface area contributed by atoms with Gasteiger partial charge in [0.1, 0.15) is 35.5 Å². The van der Waals surface area contributed by atoms with Crippen molar-refractivity contribution in [2.24, 2.45) is 5.73 Å². The van der Waals surface area contributed by atoms with Gasteiger partial charge < -0.3 is 15.2 Å². The Hall–Kier alpha value is -2.14. The molecule has 110 valence electrons. The molecule has 3 nitrogen and oxygen atoms in total. The van der Waals surface area contributed by atoms with Gasteiger partial charge in [-0.25, -0.2) is 4.39 Å². The minimum atomic E-state index is -0.324. The molecular weight excluding hydrogens is 289 g/mol. The summed E-state index contributed by atoms with van der Waals surface area (Å²) < 4.78 is 24.2. The molecule has 0 aromatic heterocycles. The van der Waals surface area contributed by atoms with Crippen molar-refractivity contribution in [1.29, 1.82) is 0 Å². The maximum absolute atomic E-state index is 13.1. The highest BCUT2D eigenvalue weighted by Gasteiger charge is 2.06. The summed E-state index contributed by atoms with van der Waals surface area (Å²) in [6.45, 7) is 2.48. The van der Waals surface area contributed by atoms with Crippen LogP contribution in [0.1, 0.15) is 11.1 Å². The van der Waals surface area contributed by atoms with E-state index in [1.165, 1.54) is 12.1 Å². The molecule has 2 aromatic rings. The third-order valence-corrected chi connectivity index (χ3v) is 3.12. The largest absolute Gasteiger partial charge is 0.490 e. The predicted molar refractivity (Wildman–Crippen MR) is 84.5 cm³/mol. The Balaban J connectivity index is 1.91. The van der Waals surface area contributed by atoms with E-state index < -0.39 is 0 Å². The Labute approximate surface area is 128 Å². The molecule has 0 fully saturated rings. The summed E-state index contributed by atoms with van der Waals surface area (Å²) >= 11 is 4.96. The van der Waals surface area contributed by atoms with Gasteiger partial charge in [-0.1, -0.05) is 30.4 Å². The molecule has 0 amide bonds. The summed E-state index contributed by atoms with van der Waals surface area (Å²) in [7, 11) is 0. The lowest BCUT2D eigenvalue weighted by Crippen LogP contribution is -2.14. The van der Waals surface area contributed by atoms with E-state index in [0.717, 1.165) is 5.56 Å². The quantitative estimate of drug-likeness (QED) is 0.657. The van der Waals surface area contributed by atoms with Gasteiger partial charge in [0.15, 0.2) is 0 Å². The Bertz CT molecular complexity index is 646. The van der Waals surface area contributed by atoms with Crippen LogP contribution in [0.2, 0.25) is 0 Å². The first-order valence-electron chi connectivity index (χ1n) is 6.48. The van der Waals surface area contributed by atoms with Crippen molar-refractivity contribution in [1.82, 2.24) is 0 Å². The average Bonchev–Trinajstić information content (AvgIpc) is 2.47. The van der Waals surface area contributed by atoms with Crippen LogP contribution in [-0.2, 0) is 0 Å². The van der Waals surface area contributed by atoms with Gasteiger partial charge in [-0.05, 0) is 30.7 Å². The van der Waals surface area contributed by atoms with Crippen LogP contribution in [0.3, 0.4) is 0 Å². The second-order valence-electron chi connectivity index (χ2n) is 4.47. The molecular formula is C16H16FNO2S. The SMILES string of the molecule is Cc1ccc(F)cc1OCCOc1ccccc1C(N)=S. The van der Waals surface area contributed by atoms with Crippen LogP contribution in [0.5, 0.6) is 11.5 Å². The van der Waals surface area contributed by atoms with Crippen LogP contribution >= 0.6 is 12.2 Å². The number of halogens is 1. The van der Waals surface area contributed by atoms with Gasteiger partial charge in [-0.15, -0.1) is 0 Å². The number of ether oxygens (including phenoxy) is 2. The van der Waals surface area contributed by atoms with Gasteiger partial charge in [-0.2, -0.15) is 0 Å². The van der Waals surface area contributed by atoms with Gasteiger partial charge in [0.25, 0.3) is 0 Å². The molecule has 0 bridgehead atoms. The number of benzene rings is 2. The third kappa shape index (κ3) is 4.16. The van der Waals surface area contributed by atoms with E-state index in [2.05, 4.69) is 0 Å². The van der Waals surface area contributed by atoms with Gasteiger partial charge >= 0.3 is 0 Å². The van der Waals surface area contributed by atoms with Crippen LogP contribution in [0.25, 0.3) is 0 Å². The summed E-state index contributed by atoms with van der Waals surface area (Å²) in [6.07, 6.45) is 0. The van der Waals surface area contributed by atoms with Crippen LogP contribution in [0.4, 0.5) is 4.39 Å². The number of hydrogen-bond donors (Lipinski definition) is 1. The van der Waals surface area contributed by atoms with Crippen molar-refractivity contribution in [2.75, 3.05) is 13.2 Å². The summed E-state index contributed by atoms with van der Waals surface area (Å²) in [4.78, 5) is 0.285. The highest BCUT2D eigenvalue weighted by atomic mass is 32.1. The normalized spacial score (nSPS) is 10.2. The summed E-state index contributed by atoms with van der Waals surface area (Å²) in [5, 5.41) is 0. The van der Waals surface area contributed by atoms with Crippen molar-refractivity contribution in [2.45, 2.75) is 6.92 Å². The Morgan fingerprint density at radius 1 is 1.10 bits per heavy atom. The van der Waals surface area contributed by atoms with Crippen molar-refractivity contribution >= 4 is 17.2 Å². The minimum absolute atomic E-state index is 0.285. The first kappa shape index (κ1) is 15.3. The molecule has 5 heteroatoms. The summed E-state index contributed by atoms with van der Waals surface area (Å²) in [6, 6.07) is 11.7. The molecule has 0 radical (unpaired) electrons. The van der Waals surface area contributed by atoms with Gasteiger partial charge in [0.05, 0.1) is 5.56 Å². The molecule has 0 unspecified atom stereocenters. The van der Waals surface area contributed by atoms with Gasteiger partial charge in [0, 0.05) is 6.07 Å². The molecule has 0 saturated heterocycles. The third-order valence-electron chi connectivity index (χ3n) is 2.90. The molecule has 0 saturated carbocycles.